The Morgan fingerprint density at radius 1 is 0.952 bits per heavy atom. The number of hydrogen-bond donors (Lipinski definition) is 1. The fraction of sp³-hybridized carbons (Fsp3) is 0.368. The van der Waals surface area contributed by atoms with Crippen LogP contribution in [-0.4, -0.2) is 11.7 Å². The highest BCUT2D eigenvalue weighted by Gasteiger charge is 2.13. The Labute approximate surface area is 127 Å². The van der Waals surface area contributed by atoms with Crippen molar-refractivity contribution < 1.29 is 9.84 Å². The van der Waals surface area contributed by atoms with Crippen molar-refractivity contribution in [1.82, 2.24) is 0 Å². The summed E-state index contributed by atoms with van der Waals surface area (Å²) in [5.41, 5.74) is 3.48. The predicted molar refractivity (Wildman–Crippen MR) is 86.8 cm³/mol. The smallest absolute Gasteiger partial charge is 0.119 e. The summed E-state index contributed by atoms with van der Waals surface area (Å²) in [6.07, 6.45) is -0.604. The van der Waals surface area contributed by atoms with E-state index in [2.05, 4.69) is 32.9 Å². The molecule has 1 unspecified atom stereocenters. The number of ether oxygens (including phenoxy) is 1. The van der Waals surface area contributed by atoms with Crippen LogP contribution in [0.5, 0.6) is 5.75 Å². The normalized spacial score (nSPS) is 13.0. The van der Waals surface area contributed by atoms with E-state index in [9.17, 15) is 5.11 Å². The van der Waals surface area contributed by atoms with Crippen LogP contribution in [0.3, 0.4) is 0 Å². The first-order valence-electron chi connectivity index (χ1n) is 7.34. The summed E-state index contributed by atoms with van der Waals surface area (Å²) >= 11 is 0. The van der Waals surface area contributed by atoms with E-state index in [1.165, 1.54) is 11.1 Å². The van der Waals surface area contributed by atoms with Gasteiger partial charge in [0.15, 0.2) is 0 Å². The van der Waals surface area contributed by atoms with E-state index in [0.717, 1.165) is 11.3 Å². The van der Waals surface area contributed by atoms with Crippen LogP contribution < -0.4 is 4.74 Å². The van der Waals surface area contributed by atoms with Crippen LogP contribution in [0.4, 0.5) is 0 Å². The minimum atomic E-state index is -0.604. The molecule has 2 aromatic rings. The molecule has 112 valence electrons. The lowest BCUT2D eigenvalue weighted by Crippen LogP contribution is -2.12. The van der Waals surface area contributed by atoms with Crippen LogP contribution in [0, 0.1) is 6.92 Å². The maximum Gasteiger partial charge on any atom is 0.119 e. The molecule has 0 saturated heterocycles. The highest BCUT2D eigenvalue weighted by molar-refractivity contribution is 5.31. The summed E-state index contributed by atoms with van der Waals surface area (Å²) in [5.74, 6) is 0.786. The average molecular weight is 284 g/mol. The van der Waals surface area contributed by atoms with Crippen LogP contribution in [0.1, 0.15) is 43.6 Å². The molecule has 0 aliphatic carbocycles. The molecule has 21 heavy (non-hydrogen) atoms. The van der Waals surface area contributed by atoms with Gasteiger partial charge in [0.2, 0.25) is 0 Å². The summed E-state index contributed by atoms with van der Waals surface area (Å²) in [4.78, 5) is 0. The maximum atomic E-state index is 10.1. The molecular formula is C19H24O2. The summed E-state index contributed by atoms with van der Waals surface area (Å²) in [7, 11) is 0. The van der Waals surface area contributed by atoms with Gasteiger partial charge in [-0.25, -0.2) is 0 Å². The van der Waals surface area contributed by atoms with Gasteiger partial charge >= 0.3 is 0 Å². The molecule has 1 N–H and O–H groups in total. The van der Waals surface area contributed by atoms with Gasteiger partial charge < -0.3 is 9.84 Å². The molecule has 0 aliphatic rings. The third kappa shape index (κ3) is 4.33. The van der Waals surface area contributed by atoms with E-state index < -0.39 is 6.10 Å². The molecule has 2 heteroatoms. The lowest BCUT2D eigenvalue weighted by atomic mass is 9.87. The number of rotatable bonds is 4. The fourth-order valence-electron chi connectivity index (χ4n) is 2.11. The Balaban J connectivity index is 1.95. The lowest BCUT2D eigenvalue weighted by Gasteiger charge is -2.19. The van der Waals surface area contributed by atoms with E-state index >= 15 is 0 Å². The SMILES string of the molecule is Cc1ccc(C(O)COc2ccc(C(C)(C)C)cc2)cc1. The molecule has 0 aromatic heterocycles. The summed E-state index contributed by atoms with van der Waals surface area (Å²) in [6, 6.07) is 15.9. The van der Waals surface area contributed by atoms with Crippen molar-refractivity contribution in [1.29, 1.82) is 0 Å². The summed E-state index contributed by atoms with van der Waals surface area (Å²) in [5, 5.41) is 10.1. The highest BCUT2D eigenvalue weighted by Crippen LogP contribution is 2.24. The first kappa shape index (κ1) is 15.6. The number of benzene rings is 2. The van der Waals surface area contributed by atoms with Gasteiger partial charge in [0.1, 0.15) is 18.5 Å². The van der Waals surface area contributed by atoms with Crippen LogP contribution in [0.15, 0.2) is 48.5 Å². The number of hydrogen-bond acceptors (Lipinski definition) is 2. The van der Waals surface area contributed by atoms with Gasteiger partial charge in [0.25, 0.3) is 0 Å². The van der Waals surface area contributed by atoms with E-state index in [-0.39, 0.29) is 12.0 Å². The molecule has 0 aliphatic heterocycles. The van der Waals surface area contributed by atoms with Crippen molar-refractivity contribution in [3.63, 3.8) is 0 Å². The third-order valence-corrected chi connectivity index (χ3v) is 3.59. The van der Waals surface area contributed by atoms with Crippen LogP contribution in [0.25, 0.3) is 0 Å². The van der Waals surface area contributed by atoms with Gasteiger partial charge in [0, 0.05) is 0 Å². The zero-order valence-electron chi connectivity index (χ0n) is 13.3. The van der Waals surface area contributed by atoms with E-state index in [4.69, 9.17) is 4.74 Å². The van der Waals surface area contributed by atoms with Gasteiger partial charge in [-0.3, -0.25) is 0 Å². The molecule has 0 spiro atoms. The molecule has 0 radical (unpaired) electrons. The van der Waals surface area contributed by atoms with Gasteiger partial charge in [-0.1, -0.05) is 62.7 Å². The minimum Gasteiger partial charge on any atom is -0.491 e. The van der Waals surface area contributed by atoms with Crippen LogP contribution >= 0.6 is 0 Å². The molecule has 1 atom stereocenters. The standard InChI is InChI=1S/C19H24O2/c1-14-5-7-15(8-6-14)18(20)13-21-17-11-9-16(10-12-17)19(2,3)4/h5-12,18,20H,13H2,1-4H3. The maximum absolute atomic E-state index is 10.1. The predicted octanol–water partition coefficient (Wildman–Crippen LogP) is 4.40. The lowest BCUT2D eigenvalue weighted by molar-refractivity contribution is 0.108. The average Bonchev–Trinajstić information content (AvgIpc) is 2.45. The molecule has 2 aromatic carbocycles. The minimum absolute atomic E-state index is 0.139. The van der Waals surface area contributed by atoms with Gasteiger partial charge in [-0.15, -0.1) is 0 Å². The van der Waals surface area contributed by atoms with E-state index in [1.54, 1.807) is 0 Å². The Hall–Kier alpha value is -1.80. The summed E-state index contributed by atoms with van der Waals surface area (Å²) in [6.45, 7) is 8.85. The molecule has 0 bridgehead atoms. The van der Waals surface area contributed by atoms with Crippen molar-refractivity contribution in [2.24, 2.45) is 0 Å². The molecule has 2 nitrogen and oxygen atoms in total. The van der Waals surface area contributed by atoms with Gasteiger partial charge in [0.05, 0.1) is 0 Å². The van der Waals surface area contributed by atoms with Crippen molar-refractivity contribution >= 4 is 0 Å². The second-order valence-electron chi connectivity index (χ2n) is 6.51. The second kappa shape index (κ2) is 6.31. The first-order chi connectivity index (χ1) is 9.86. The number of aliphatic hydroxyl groups is 1. The number of aryl methyl sites for hydroxylation is 1. The van der Waals surface area contributed by atoms with Crippen molar-refractivity contribution in [2.45, 2.75) is 39.2 Å². The molecule has 0 heterocycles. The third-order valence-electron chi connectivity index (χ3n) is 3.59. The van der Waals surface area contributed by atoms with Crippen molar-refractivity contribution in [3.8, 4) is 5.75 Å². The monoisotopic (exact) mass is 284 g/mol. The second-order valence-corrected chi connectivity index (χ2v) is 6.51. The van der Waals surface area contributed by atoms with E-state index in [1.807, 2.05) is 43.3 Å². The number of aliphatic hydroxyl groups excluding tert-OH is 1. The first-order valence-corrected chi connectivity index (χ1v) is 7.34. The van der Waals surface area contributed by atoms with Crippen LogP contribution in [-0.2, 0) is 5.41 Å². The van der Waals surface area contributed by atoms with E-state index in [0.29, 0.717) is 0 Å². The molecular weight excluding hydrogens is 260 g/mol. The zero-order valence-corrected chi connectivity index (χ0v) is 13.3. The molecule has 0 fully saturated rings. The highest BCUT2D eigenvalue weighted by atomic mass is 16.5. The Kier molecular flexibility index (Phi) is 4.69. The fourth-order valence-corrected chi connectivity index (χ4v) is 2.11. The van der Waals surface area contributed by atoms with Crippen LogP contribution in [0.2, 0.25) is 0 Å². The topological polar surface area (TPSA) is 29.5 Å². The Bertz CT molecular complexity index is 562. The summed E-state index contributed by atoms with van der Waals surface area (Å²) < 4.78 is 5.67. The molecule has 0 amide bonds. The molecule has 0 saturated carbocycles. The van der Waals surface area contributed by atoms with Gasteiger partial charge in [-0.2, -0.15) is 0 Å². The van der Waals surface area contributed by atoms with Gasteiger partial charge in [-0.05, 0) is 35.6 Å². The van der Waals surface area contributed by atoms with Crippen molar-refractivity contribution in [2.75, 3.05) is 6.61 Å². The zero-order chi connectivity index (χ0) is 15.5. The largest absolute Gasteiger partial charge is 0.491 e. The molecule has 2 rings (SSSR count). The Morgan fingerprint density at radius 2 is 1.52 bits per heavy atom. The van der Waals surface area contributed by atoms with Crippen molar-refractivity contribution in [3.05, 3.63) is 65.2 Å². The quantitative estimate of drug-likeness (QED) is 0.901. The Morgan fingerprint density at radius 3 is 2.05 bits per heavy atom.